The quantitative estimate of drug-likeness (QED) is 0.842. The minimum absolute atomic E-state index is 0.0409. The maximum absolute atomic E-state index is 13.6. The van der Waals surface area contributed by atoms with Crippen LogP contribution in [-0.4, -0.2) is 16.1 Å². The van der Waals surface area contributed by atoms with E-state index in [2.05, 4.69) is 30.8 Å². The minimum atomic E-state index is -0.761. The first-order valence-corrected chi connectivity index (χ1v) is 7.51. The number of hydrogen-bond donors (Lipinski definition) is 1. The summed E-state index contributed by atoms with van der Waals surface area (Å²) in [5.41, 5.74) is 0.596. The van der Waals surface area contributed by atoms with Crippen LogP contribution in [0.25, 0.3) is 0 Å². The normalized spacial score (nSPS) is 10.6. The van der Waals surface area contributed by atoms with Crippen molar-refractivity contribution in [3.05, 3.63) is 33.9 Å². The lowest BCUT2D eigenvalue weighted by molar-refractivity contribution is 0.283. The van der Waals surface area contributed by atoms with E-state index >= 15 is 0 Å². The van der Waals surface area contributed by atoms with Gasteiger partial charge in [0.2, 0.25) is 0 Å². The highest BCUT2D eigenvalue weighted by Gasteiger charge is 2.14. The monoisotopic (exact) mass is 363 g/mol. The highest BCUT2D eigenvalue weighted by Crippen LogP contribution is 2.30. The molecule has 0 aliphatic heterocycles. The van der Waals surface area contributed by atoms with Crippen LogP contribution in [-0.2, 0) is 6.61 Å². The summed E-state index contributed by atoms with van der Waals surface area (Å²) < 4.78 is 36.0. The fraction of sp³-hybridized carbons (Fsp3) is 0.333. The highest BCUT2D eigenvalue weighted by molar-refractivity contribution is 9.10. The fourth-order valence-corrected chi connectivity index (χ4v) is 2.60. The van der Waals surface area contributed by atoms with Gasteiger partial charge < -0.3 is 10.1 Å². The summed E-state index contributed by atoms with van der Waals surface area (Å²) in [4.78, 5) is 0. The lowest BCUT2D eigenvalue weighted by Gasteiger charge is -2.09. The smallest absolute Gasteiger partial charge is 0.169 e. The van der Waals surface area contributed by atoms with Crippen LogP contribution in [0.4, 0.5) is 13.8 Å². The maximum atomic E-state index is 13.6. The van der Waals surface area contributed by atoms with E-state index in [0.717, 1.165) is 30.1 Å². The van der Waals surface area contributed by atoms with Gasteiger partial charge in [0.05, 0.1) is 4.47 Å². The standard InChI is InChI=1S/C12H12BrF2N3OS/c1-2-3-16-12-10(17-18-20-12)6-19-11-8(13)4-7(14)5-9(11)15/h4-5,16H,2-3,6H2,1H3. The molecule has 20 heavy (non-hydrogen) atoms. The zero-order valence-electron chi connectivity index (χ0n) is 10.6. The largest absolute Gasteiger partial charge is 0.483 e. The SMILES string of the molecule is CCCNc1snnc1COc1c(F)cc(F)cc1Br. The number of benzene rings is 1. The molecule has 108 valence electrons. The van der Waals surface area contributed by atoms with Crippen molar-refractivity contribution in [2.75, 3.05) is 11.9 Å². The van der Waals surface area contributed by atoms with Crippen molar-refractivity contribution in [1.29, 1.82) is 0 Å². The first-order valence-electron chi connectivity index (χ1n) is 5.94. The molecule has 0 saturated heterocycles. The Balaban J connectivity index is 2.07. The Morgan fingerprint density at radius 3 is 2.90 bits per heavy atom. The maximum Gasteiger partial charge on any atom is 0.169 e. The molecule has 0 atom stereocenters. The Hall–Kier alpha value is -1.28. The number of aromatic nitrogens is 2. The minimum Gasteiger partial charge on any atom is -0.483 e. The third kappa shape index (κ3) is 3.63. The number of halogens is 3. The van der Waals surface area contributed by atoms with E-state index in [0.29, 0.717) is 5.69 Å². The Kier molecular flexibility index (Phi) is 5.24. The van der Waals surface area contributed by atoms with Crippen LogP contribution in [0.15, 0.2) is 16.6 Å². The highest BCUT2D eigenvalue weighted by atomic mass is 79.9. The summed E-state index contributed by atoms with van der Waals surface area (Å²) >= 11 is 4.29. The molecule has 4 nitrogen and oxygen atoms in total. The third-order valence-electron chi connectivity index (χ3n) is 2.41. The zero-order chi connectivity index (χ0) is 14.5. The summed E-state index contributed by atoms with van der Waals surface area (Å²) in [6, 6.07) is 1.92. The van der Waals surface area contributed by atoms with Gasteiger partial charge in [-0.1, -0.05) is 11.4 Å². The van der Waals surface area contributed by atoms with Gasteiger partial charge in [0.25, 0.3) is 0 Å². The van der Waals surface area contributed by atoms with Crippen molar-refractivity contribution in [3.63, 3.8) is 0 Å². The van der Waals surface area contributed by atoms with Gasteiger partial charge in [0.1, 0.15) is 23.1 Å². The predicted octanol–water partition coefficient (Wildman–Crippen LogP) is 3.98. The van der Waals surface area contributed by atoms with Crippen molar-refractivity contribution in [2.24, 2.45) is 0 Å². The molecule has 1 N–H and O–H groups in total. The molecule has 8 heteroatoms. The van der Waals surface area contributed by atoms with E-state index in [-0.39, 0.29) is 16.8 Å². The molecule has 1 aromatic heterocycles. The van der Waals surface area contributed by atoms with Crippen LogP contribution in [0, 0.1) is 11.6 Å². The Morgan fingerprint density at radius 2 is 2.20 bits per heavy atom. The van der Waals surface area contributed by atoms with Gasteiger partial charge in [-0.2, -0.15) is 0 Å². The van der Waals surface area contributed by atoms with E-state index in [4.69, 9.17) is 4.74 Å². The molecule has 0 spiro atoms. The molecule has 2 aromatic rings. The van der Waals surface area contributed by atoms with Crippen molar-refractivity contribution in [2.45, 2.75) is 20.0 Å². The van der Waals surface area contributed by atoms with Crippen molar-refractivity contribution >= 4 is 32.5 Å². The van der Waals surface area contributed by atoms with Crippen molar-refractivity contribution in [1.82, 2.24) is 9.59 Å². The topological polar surface area (TPSA) is 47.0 Å². The van der Waals surface area contributed by atoms with Gasteiger partial charge in [-0.3, -0.25) is 0 Å². The van der Waals surface area contributed by atoms with E-state index in [1.165, 1.54) is 11.5 Å². The zero-order valence-corrected chi connectivity index (χ0v) is 13.0. The first-order chi connectivity index (χ1) is 9.61. The average Bonchev–Trinajstić information content (AvgIpc) is 2.82. The lowest BCUT2D eigenvalue weighted by Crippen LogP contribution is -2.04. The van der Waals surface area contributed by atoms with Gasteiger partial charge in [0, 0.05) is 24.1 Å². The van der Waals surface area contributed by atoms with Gasteiger partial charge in [-0.15, -0.1) is 5.10 Å². The number of nitrogens with zero attached hydrogens (tertiary/aromatic N) is 2. The molecule has 0 aliphatic rings. The van der Waals surface area contributed by atoms with Crippen molar-refractivity contribution < 1.29 is 13.5 Å². The van der Waals surface area contributed by atoms with Crippen LogP contribution in [0.1, 0.15) is 19.0 Å². The average molecular weight is 364 g/mol. The summed E-state index contributed by atoms with van der Waals surface area (Å²) in [6.07, 6.45) is 0.969. The van der Waals surface area contributed by atoms with Gasteiger partial charge >= 0.3 is 0 Å². The molecule has 0 amide bonds. The van der Waals surface area contributed by atoms with E-state index in [1.54, 1.807) is 0 Å². The predicted molar refractivity (Wildman–Crippen MR) is 77.1 cm³/mol. The molecule has 1 aromatic carbocycles. The van der Waals surface area contributed by atoms with Gasteiger partial charge in [-0.25, -0.2) is 8.78 Å². The first kappa shape index (κ1) is 15.1. The number of anilines is 1. The Morgan fingerprint density at radius 1 is 1.40 bits per heavy atom. The number of nitrogens with one attached hydrogen (secondary N) is 1. The summed E-state index contributed by atoms with van der Waals surface area (Å²) in [6.45, 7) is 2.90. The molecule has 0 fully saturated rings. The van der Waals surface area contributed by atoms with Gasteiger partial charge in [0.15, 0.2) is 11.6 Å². The second kappa shape index (κ2) is 6.94. The summed E-state index contributed by atoms with van der Waals surface area (Å²) in [5, 5.41) is 7.89. The molecule has 1 heterocycles. The van der Waals surface area contributed by atoms with Crippen molar-refractivity contribution in [3.8, 4) is 5.75 Å². The molecule has 0 unspecified atom stereocenters. The number of hydrogen-bond acceptors (Lipinski definition) is 5. The van der Waals surface area contributed by atoms with E-state index < -0.39 is 11.6 Å². The molecule has 0 aliphatic carbocycles. The Labute approximate surface area is 127 Å². The number of rotatable bonds is 6. The van der Waals surface area contributed by atoms with E-state index in [9.17, 15) is 8.78 Å². The van der Waals surface area contributed by atoms with Crippen LogP contribution >= 0.6 is 27.5 Å². The van der Waals surface area contributed by atoms with Crippen LogP contribution in [0.3, 0.4) is 0 Å². The van der Waals surface area contributed by atoms with Crippen LogP contribution in [0.5, 0.6) is 5.75 Å². The number of ether oxygens (including phenoxy) is 1. The summed E-state index contributed by atoms with van der Waals surface area (Å²) in [7, 11) is 0. The fourth-order valence-electron chi connectivity index (χ4n) is 1.48. The lowest BCUT2D eigenvalue weighted by atomic mass is 10.3. The van der Waals surface area contributed by atoms with E-state index in [1.807, 2.05) is 6.92 Å². The molecule has 0 radical (unpaired) electrons. The van der Waals surface area contributed by atoms with Crippen LogP contribution in [0.2, 0.25) is 0 Å². The van der Waals surface area contributed by atoms with Gasteiger partial charge in [-0.05, 0) is 28.4 Å². The molecule has 0 bridgehead atoms. The van der Waals surface area contributed by atoms with Crippen LogP contribution < -0.4 is 10.1 Å². The molecular weight excluding hydrogens is 352 g/mol. The third-order valence-corrected chi connectivity index (χ3v) is 3.72. The second-order valence-electron chi connectivity index (χ2n) is 3.96. The molecule has 0 saturated carbocycles. The second-order valence-corrected chi connectivity index (χ2v) is 5.57. The summed E-state index contributed by atoms with van der Waals surface area (Å²) in [5.74, 6) is -1.47. The molecule has 2 rings (SSSR count). The Bertz CT molecular complexity index is 571. The molecular formula is C12H12BrF2N3OS.